The van der Waals surface area contributed by atoms with Gasteiger partial charge >= 0.3 is 6.18 Å². The molecule has 0 bridgehead atoms. The van der Waals surface area contributed by atoms with Gasteiger partial charge in [0.25, 0.3) is 5.91 Å². The molecule has 12 heteroatoms. The van der Waals surface area contributed by atoms with Crippen LogP contribution in [0.1, 0.15) is 40.1 Å². The number of carbonyl (C=O) groups excluding carboxylic acids is 1. The molecule has 6 nitrogen and oxygen atoms in total. The Morgan fingerprint density at radius 2 is 1.83 bits per heavy atom. The number of aromatic nitrogens is 1. The van der Waals surface area contributed by atoms with Crippen molar-refractivity contribution in [3.05, 3.63) is 92.9 Å². The van der Waals surface area contributed by atoms with Crippen molar-refractivity contribution in [2.24, 2.45) is 0 Å². The van der Waals surface area contributed by atoms with Crippen LogP contribution < -0.4 is 10.4 Å². The van der Waals surface area contributed by atoms with Crippen LogP contribution >= 0.6 is 11.8 Å². The first kappa shape index (κ1) is 24.2. The number of amides is 1. The van der Waals surface area contributed by atoms with Gasteiger partial charge in [-0.25, -0.2) is 8.78 Å². The minimum atomic E-state index is -4.82. The monoisotopic (exact) mass is 523 g/mol. The van der Waals surface area contributed by atoms with E-state index in [1.54, 1.807) is 6.07 Å². The summed E-state index contributed by atoms with van der Waals surface area (Å²) in [5, 5.41) is 11.7. The molecule has 3 aromatic rings. The van der Waals surface area contributed by atoms with E-state index in [-0.39, 0.29) is 10.6 Å². The van der Waals surface area contributed by atoms with Crippen LogP contribution in [-0.2, 0) is 5.75 Å². The number of nitrogens with zero attached hydrogens (tertiary/aromatic N) is 3. The van der Waals surface area contributed by atoms with E-state index in [2.05, 4.69) is 0 Å². The predicted molar refractivity (Wildman–Crippen MR) is 121 cm³/mol. The molecule has 0 radical (unpaired) electrons. The minimum absolute atomic E-state index is 0.221. The molecule has 188 valence electrons. The summed E-state index contributed by atoms with van der Waals surface area (Å²) in [4.78, 5) is 26.0. The smallest absolute Gasteiger partial charge is 0.408 e. The first-order valence-corrected chi connectivity index (χ1v) is 11.8. The fourth-order valence-corrected chi connectivity index (χ4v) is 5.63. The summed E-state index contributed by atoms with van der Waals surface area (Å²) in [6.07, 6.45) is -3.66. The molecule has 5 rings (SSSR count). The zero-order chi connectivity index (χ0) is 25.9. The zero-order valence-corrected chi connectivity index (χ0v) is 19.4. The lowest BCUT2D eigenvalue weighted by molar-refractivity contribution is -0.173. The highest BCUT2D eigenvalue weighted by Gasteiger charge is 2.47. The predicted octanol–water partition coefficient (Wildman–Crippen LogP) is 4.53. The number of hydrogen-bond donors (Lipinski definition) is 1. The normalized spacial score (nSPS) is 18.3. The van der Waals surface area contributed by atoms with Gasteiger partial charge in [-0.3, -0.25) is 19.3 Å². The maximum atomic E-state index is 14.9. The van der Waals surface area contributed by atoms with Crippen molar-refractivity contribution in [3.8, 4) is 5.75 Å². The van der Waals surface area contributed by atoms with E-state index in [1.165, 1.54) is 35.3 Å². The van der Waals surface area contributed by atoms with Gasteiger partial charge in [-0.05, 0) is 41.8 Å². The van der Waals surface area contributed by atoms with Gasteiger partial charge in [-0.2, -0.15) is 13.2 Å². The summed E-state index contributed by atoms with van der Waals surface area (Å²) >= 11 is 1.16. The number of halogens is 5. The standard InChI is InChI=1S/C24H18F5N3O3S/c1-12(24(27,28)29)30-11-32(31-8-7-18(33)21(34)20(31)23(30)35)19-15-3-2-4-17(26)22(15)36-10-13-5-6-14(25)9-16(13)19/h2-9,12,19,34H,10-11H2,1H3/t12-,19?/m1/s1. The second-order valence-electron chi connectivity index (χ2n) is 8.49. The molecule has 36 heavy (non-hydrogen) atoms. The quantitative estimate of drug-likeness (QED) is 0.501. The third kappa shape index (κ3) is 3.80. The maximum Gasteiger partial charge on any atom is 0.408 e. The molecule has 2 aliphatic heterocycles. The fourth-order valence-electron chi connectivity index (χ4n) is 4.52. The number of aromatic hydroxyl groups is 1. The van der Waals surface area contributed by atoms with E-state index in [1.807, 2.05) is 0 Å². The van der Waals surface area contributed by atoms with Gasteiger partial charge in [-0.15, -0.1) is 11.8 Å². The molecule has 2 aromatic carbocycles. The zero-order valence-electron chi connectivity index (χ0n) is 18.6. The molecule has 0 saturated heterocycles. The number of rotatable bonds is 2. The lowest BCUT2D eigenvalue weighted by Gasteiger charge is -2.46. The largest absolute Gasteiger partial charge is 0.502 e. The summed E-state index contributed by atoms with van der Waals surface area (Å²) in [6.45, 7) is 0.143. The molecule has 0 aliphatic carbocycles. The Morgan fingerprint density at radius 1 is 1.08 bits per heavy atom. The Kier molecular flexibility index (Phi) is 5.73. The van der Waals surface area contributed by atoms with E-state index >= 15 is 0 Å². The van der Waals surface area contributed by atoms with Gasteiger partial charge in [0, 0.05) is 22.9 Å². The third-order valence-electron chi connectivity index (χ3n) is 6.40. The average molecular weight is 523 g/mol. The maximum absolute atomic E-state index is 14.9. The summed E-state index contributed by atoms with van der Waals surface area (Å²) in [5.41, 5.74) is -0.323. The molecule has 0 spiro atoms. The van der Waals surface area contributed by atoms with Crippen molar-refractivity contribution in [2.75, 3.05) is 11.7 Å². The number of carbonyl (C=O) groups is 1. The second-order valence-corrected chi connectivity index (χ2v) is 9.47. The molecule has 1 amide bonds. The summed E-state index contributed by atoms with van der Waals surface area (Å²) in [7, 11) is 0. The highest BCUT2D eigenvalue weighted by atomic mass is 32.2. The Balaban J connectivity index is 1.80. The summed E-state index contributed by atoms with van der Waals surface area (Å²) in [6, 6.07) is 5.84. The van der Waals surface area contributed by atoms with E-state index in [4.69, 9.17) is 0 Å². The fraction of sp³-hybridized carbons (Fsp3) is 0.250. The molecule has 1 N–H and O–H groups in total. The average Bonchev–Trinajstić information content (AvgIpc) is 2.98. The Hall–Kier alpha value is -3.54. The SMILES string of the molecule is C[C@@H](N1CN(C2c3cc(F)ccc3CSc3c(F)cccc32)n2ccc(=O)c(O)c2C1=O)C(F)(F)F. The molecule has 1 unspecified atom stereocenters. The van der Waals surface area contributed by atoms with Crippen LogP contribution in [0.5, 0.6) is 5.75 Å². The number of benzene rings is 2. The van der Waals surface area contributed by atoms with Gasteiger partial charge in [-0.1, -0.05) is 18.2 Å². The van der Waals surface area contributed by atoms with Gasteiger partial charge in [0.2, 0.25) is 5.43 Å². The topological polar surface area (TPSA) is 65.8 Å². The van der Waals surface area contributed by atoms with Crippen LogP contribution in [-0.4, -0.2) is 39.5 Å². The van der Waals surface area contributed by atoms with E-state index in [9.17, 15) is 36.6 Å². The van der Waals surface area contributed by atoms with Crippen LogP contribution in [0, 0.1) is 11.6 Å². The first-order valence-electron chi connectivity index (χ1n) is 10.8. The minimum Gasteiger partial charge on any atom is -0.502 e. The molecule has 2 aliphatic rings. The van der Waals surface area contributed by atoms with E-state index < -0.39 is 59.3 Å². The summed E-state index contributed by atoms with van der Waals surface area (Å²) in [5.74, 6) is -3.13. The number of alkyl halides is 3. The number of fused-ring (bicyclic) bond motifs is 3. The van der Waals surface area contributed by atoms with Crippen molar-refractivity contribution >= 4 is 17.7 Å². The van der Waals surface area contributed by atoms with Crippen LogP contribution in [0.25, 0.3) is 0 Å². The molecular formula is C24H18F5N3O3S. The van der Waals surface area contributed by atoms with Gasteiger partial charge in [0.15, 0.2) is 11.4 Å². The number of pyridine rings is 1. The van der Waals surface area contributed by atoms with Crippen molar-refractivity contribution in [1.82, 2.24) is 9.58 Å². The molecule has 2 atom stereocenters. The van der Waals surface area contributed by atoms with Crippen LogP contribution in [0.3, 0.4) is 0 Å². The van der Waals surface area contributed by atoms with Crippen LogP contribution in [0.4, 0.5) is 22.0 Å². The van der Waals surface area contributed by atoms with E-state index in [0.717, 1.165) is 35.6 Å². The lowest BCUT2D eigenvalue weighted by atomic mass is 9.94. The highest BCUT2D eigenvalue weighted by molar-refractivity contribution is 7.98. The molecule has 0 saturated carbocycles. The molecule has 3 heterocycles. The summed E-state index contributed by atoms with van der Waals surface area (Å²) < 4.78 is 71.7. The number of thioether (sulfide) groups is 1. The Morgan fingerprint density at radius 3 is 2.56 bits per heavy atom. The van der Waals surface area contributed by atoms with Crippen LogP contribution in [0.2, 0.25) is 0 Å². The van der Waals surface area contributed by atoms with Crippen molar-refractivity contribution in [1.29, 1.82) is 0 Å². The Labute approximate surface area is 205 Å². The Bertz CT molecular complexity index is 1440. The molecule has 0 fully saturated rings. The van der Waals surface area contributed by atoms with E-state index in [0.29, 0.717) is 21.6 Å². The first-order chi connectivity index (χ1) is 17.0. The highest BCUT2D eigenvalue weighted by Crippen LogP contribution is 2.44. The lowest BCUT2D eigenvalue weighted by Crippen LogP contribution is -2.60. The second kappa shape index (κ2) is 8.54. The molecule has 1 aromatic heterocycles. The molecular weight excluding hydrogens is 505 g/mol. The third-order valence-corrected chi connectivity index (χ3v) is 7.57. The van der Waals surface area contributed by atoms with Crippen LogP contribution in [0.15, 0.2) is 58.4 Å². The van der Waals surface area contributed by atoms with Crippen molar-refractivity contribution in [2.45, 2.75) is 35.8 Å². The number of hydrogen-bond acceptors (Lipinski definition) is 5. The van der Waals surface area contributed by atoms with Crippen molar-refractivity contribution in [3.63, 3.8) is 0 Å². The van der Waals surface area contributed by atoms with Gasteiger partial charge < -0.3 is 10.0 Å². The van der Waals surface area contributed by atoms with Crippen molar-refractivity contribution < 1.29 is 31.9 Å². The van der Waals surface area contributed by atoms with Gasteiger partial charge in [0.1, 0.15) is 24.3 Å². The van der Waals surface area contributed by atoms with Gasteiger partial charge in [0.05, 0.1) is 6.04 Å².